The van der Waals surface area contributed by atoms with E-state index in [1.54, 1.807) is 43.7 Å². The van der Waals surface area contributed by atoms with Crippen LogP contribution in [0, 0.1) is 0 Å². The van der Waals surface area contributed by atoms with E-state index in [1.165, 1.54) is 0 Å². The lowest BCUT2D eigenvalue weighted by molar-refractivity contribution is 0.514. The summed E-state index contributed by atoms with van der Waals surface area (Å²) < 4.78 is 1.94. The van der Waals surface area contributed by atoms with Crippen molar-refractivity contribution < 1.29 is 5.11 Å². The Kier molecular flexibility index (Phi) is 4.62. The lowest BCUT2D eigenvalue weighted by Crippen LogP contribution is -2.24. The molecule has 0 saturated heterocycles. The number of benzene rings is 1. The molecule has 0 aliphatic rings. The molecule has 0 saturated carbocycles. The molecule has 0 aliphatic carbocycles. The molecule has 1 aromatic carbocycles. The third-order valence-corrected chi connectivity index (χ3v) is 4.04. The van der Waals surface area contributed by atoms with Gasteiger partial charge in [-0.2, -0.15) is 0 Å². The van der Waals surface area contributed by atoms with Crippen LogP contribution in [0.25, 0.3) is 22.7 Å². The summed E-state index contributed by atoms with van der Waals surface area (Å²) in [6.07, 6.45) is 4.87. The Morgan fingerprint density at radius 1 is 1.33 bits per heavy atom. The highest BCUT2D eigenvalue weighted by molar-refractivity contribution is 6.35. The normalized spacial score (nSPS) is 12.8. The summed E-state index contributed by atoms with van der Waals surface area (Å²) >= 11 is 6.30. The first kappa shape index (κ1) is 16.2. The van der Waals surface area contributed by atoms with Crippen LogP contribution in [0.1, 0.15) is 18.3 Å². The highest BCUT2D eigenvalue weighted by Crippen LogP contribution is 2.21. The highest BCUT2D eigenvalue weighted by Gasteiger charge is 2.10. The van der Waals surface area contributed by atoms with Crippen LogP contribution in [0.4, 0.5) is 0 Å². The molecule has 2 aromatic heterocycles. The van der Waals surface area contributed by atoms with Crippen molar-refractivity contribution in [2.24, 2.45) is 4.99 Å². The van der Waals surface area contributed by atoms with Gasteiger partial charge in [0.1, 0.15) is 17.1 Å². The van der Waals surface area contributed by atoms with Gasteiger partial charge in [0.25, 0.3) is 0 Å². The summed E-state index contributed by atoms with van der Waals surface area (Å²) in [5.74, 6) is 0.673. The van der Waals surface area contributed by atoms with Crippen LogP contribution in [-0.4, -0.2) is 26.7 Å². The van der Waals surface area contributed by atoms with Crippen molar-refractivity contribution in [3.05, 3.63) is 64.6 Å². The van der Waals surface area contributed by atoms with Gasteiger partial charge in [0.05, 0.1) is 10.5 Å². The number of nitrogens with zero attached hydrogens (tertiary/aromatic N) is 4. The molecule has 122 valence electrons. The van der Waals surface area contributed by atoms with Gasteiger partial charge in [0.15, 0.2) is 0 Å². The largest absolute Gasteiger partial charge is 0.507 e. The number of aromatic nitrogens is 3. The average Bonchev–Trinajstić information content (AvgIpc) is 2.62. The molecule has 0 aliphatic heterocycles. The lowest BCUT2D eigenvalue weighted by Gasteiger charge is -2.12. The smallest absolute Gasteiger partial charge is 0.138 e. The number of aliphatic hydroxyl groups excluding tert-OH is 1. The van der Waals surface area contributed by atoms with Crippen LogP contribution < -0.4 is 5.49 Å². The summed E-state index contributed by atoms with van der Waals surface area (Å²) in [6.45, 7) is 2.67. The molecule has 3 rings (SSSR count). The topological polar surface area (TPSA) is 63.3 Å². The van der Waals surface area contributed by atoms with Crippen LogP contribution in [0.2, 0.25) is 5.02 Å². The zero-order valence-corrected chi connectivity index (χ0v) is 14.2. The number of pyridine rings is 1. The molecule has 24 heavy (non-hydrogen) atoms. The van der Waals surface area contributed by atoms with Gasteiger partial charge in [-0.3, -0.25) is 9.98 Å². The van der Waals surface area contributed by atoms with Crippen molar-refractivity contribution in [1.82, 2.24) is 14.5 Å². The monoisotopic (exact) mass is 340 g/mol. The molecular formula is C18H17ClN4O. The maximum atomic E-state index is 10.4. The van der Waals surface area contributed by atoms with Crippen molar-refractivity contribution in [3.63, 3.8) is 0 Å². The van der Waals surface area contributed by atoms with Gasteiger partial charge in [-0.15, -0.1) is 0 Å². The van der Waals surface area contributed by atoms with Gasteiger partial charge in [-0.1, -0.05) is 17.7 Å². The van der Waals surface area contributed by atoms with E-state index in [2.05, 4.69) is 15.0 Å². The lowest BCUT2D eigenvalue weighted by atomic mass is 10.2. The zero-order valence-electron chi connectivity index (χ0n) is 13.4. The summed E-state index contributed by atoms with van der Waals surface area (Å²) in [6, 6.07) is 9.17. The quantitative estimate of drug-likeness (QED) is 0.739. The minimum absolute atomic E-state index is 0.0891. The van der Waals surface area contributed by atoms with Crippen molar-refractivity contribution in [2.45, 2.75) is 13.5 Å². The van der Waals surface area contributed by atoms with E-state index in [1.807, 2.05) is 23.6 Å². The molecule has 1 N–H and O–H groups in total. The minimum atomic E-state index is 0.0891. The molecule has 0 radical (unpaired) electrons. The predicted octanol–water partition coefficient (Wildman–Crippen LogP) is 3.69. The summed E-state index contributed by atoms with van der Waals surface area (Å²) in [5, 5.41) is 11.8. The number of hydrogen-bond donors (Lipinski definition) is 1. The molecule has 0 fully saturated rings. The summed E-state index contributed by atoms with van der Waals surface area (Å²) in [7, 11) is 1.73. The first-order valence-corrected chi connectivity index (χ1v) is 7.96. The van der Waals surface area contributed by atoms with E-state index in [0.717, 1.165) is 10.9 Å². The fourth-order valence-corrected chi connectivity index (χ4v) is 2.84. The van der Waals surface area contributed by atoms with Crippen molar-refractivity contribution in [1.29, 1.82) is 0 Å². The van der Waals surface area contributed by atoms with Crippen LogP contribution in [0.3, 0.4) is 0 Å². The second kappa shape index (κ2) is 6.84. The van der Waals surface area contributed by atoms with Crippen molar-refractivity contribution in [3.8, 4) is 0 Å². The third kappa shape index (κ3) is 2.90. The molecule has 0 atom stereocenters. The molecule has 0 unspecified atom stereocenters. The summed E-state index contributed by atoms with van der Waals surface area (Å²) in [4.78, 5) is 13.0. The molecule has 0 bridgehead atoms. The Bertz CT molecular complexity index is 977. The number of halogens is 1. The zero-order chi connectivity index (χ0) is 17.1. The van der Waals surface area contributed by atoms with Gasteiger partial charge in [0, 0.05) is 43.0 Å². The van der Waals surface area contributed by atoms with E-state index < -0.39 is 0 Å². The number of aliphatic hydroxyl groups is 1. The minimum Gasteiger partial charge on any atom is -0.507 e. The maximum absolute atomic E-state index is 10.4. The van der Waals surface area contributed by atoms with E-state index in [9.17, 15) is 5.11 Å². The maximum Gasteiger partial charge on any atom is 0.138 e. The fourth-order valence-electron chi connectivity index (χ4n) is 2.62. The van der Waals surface area contributed by atoms with Gasteiger partial charge in [-0.25, -0.2) is 4.98 Å². The molecule has 0 spiro atoms. The Morgan fingerprint density at radius 2 is 2.17 bits per heavy atom. The first-order chi connectivity index (χ1) is 11.7. The van der Waals surface area contributed by atoms with Gasteiger partial charge >= 0.3 is 0 Å². The number of hydrogen-bond acceptors (Lipinski definition) is 4. The predicted molar refractivity (Wildman–Crippen MR) is 96.6 cm³/mol. The van der Waals surface area contributed by atoms with Crippen molar-refractivity contribution in [2.75, 3.05) is 7.05 Å². The Balaban J connectivity index is 2.30. The van der Waals surface area contributed by atoms with Gasteiger partial charge in [0.2, 0.25) is 0 Å². The number of para-hydroxylation sites is 1. The van der Waals surface area contributed by atoms with E-state index in [-0.39, 0.29) is 5.76 Å². The van der Waals surface area contributed by atoms with Crippen LogP contribution >= 0.6 is 11.6 Å². The summed E-state index contributed by atoms with van der Waals surface area (Å²) in [5.41, 5.74) is 2.06. The molecule has 6 heteroatoms. The molecule has 2 heterocycles. The van der Waals surface area contributed by atoms with Gasteiger partial charge < -0.3 is 9.67 Å². The average molecular weight is 341 g/mol. The van der Waals surface area contributed by atoms with Gasteiger partial charge in [-0.05, 0) is 31.2 Å². The van der Waals surface area contributed by atoms with E-state index in [4.69, 9.17) is 11.6 Å². The van der Waals surface area contributed by atoms with E-state index in [0.29, 0.717) is 28.5 Å². The molecular weight excluding hydrogens is 324 g/mol. The van der Waals surface area contributed by atoms with E-state index >= 15 is 0 Å². The standard InChI is InChI=1S/C18H17ClN4O/c1-3-23-16(10-15(24)12-6-5-9-21-11-12)22-17-13(18(23)20-2)7-4-8-14(17)19/h4-11,24H,3H2,1-2H3/b15-10-,20-18?. The Hall–Kier alpha value is -2.66. The van der Waals surface area contributed by atoms with Crippen molar-refractivity contribution >= 4 is 34.3 Å². The Labute approximate surface area is 144 Å². The molecule has 0 amide bonds. The van der Waals surface area contributed by atoms with Crippen LogP contribution in [0.5, 0.6) is 0 Å². The molecule has 5 nitrogen and oxygen atoms in total. The van der Waals surface area contributed by atoms with Crippen LogP contribution in [0.15, 0.2) is 47.7 Å². The third-order valence-electron chi connectivity index (χ3n) is 3.74. The fraction of sp³-hybridized carbons (Fsp3) is 0.167. The first-order valence-electron chi connectivity index (χ1n) is 7.58. The highest BCUT2D eigenvalue weighted by atomic mass is 35.5. The Morgan fingerprint density at radius 3 is 2.83 bits per heavy atom. The SMILES string of the molecule is CCn1c(/C=C(\O)c2cccnc2)nc2c(Cl)cccc2c1=NC. The second-order valence-electron chi connectivity index (χ2n) is 5.17. The number of rotatable bonds is 3. The van der Waals surface area contributed by atoms with Crippen LogP contribution in [-0.2, 0) is 6.54 Å². The second-order valence-corrected chi connectivity index (χ2v) is 5.58. The number of fused-ring (bicyclic) bond motifs is 1. The molecule has 3 aromatic rings.